The van der Waals surface area contributed by atoms with Crippen molar-refractivity contribution in [2.45, 2.75) is 25.6 Å². The molecule has 0 saturated carbocycles. The molecule has 0 heterocycles. The zero-order valence-electron chi connectivity index (χ0n) is 8.71. The summed E-state index contributed by atoms with van der Waals surface area (Å²) in [4.78, 5) is 11.5. The number of rotatable bonds is 3. The average molecular weight is 231 g/mol. The molecule has 0 aromatic heterocycles. The van der Waals surface area contributed by atoms with Crippen LogP contribution in [0.2, 0.25) is 0 Å². The van der Waals surface area contributed by atoms with E-state index in [1.807, 2.05) is 0 Å². The summed E-state index contributed by atoms with van der Waals surface area (Å²) in [6.45, 7) is 1.63. The van der Waals surface area contributed by atoms with Crippen molar-refractivity contribution in [3.63, 3.8) is 0 Å². The fourth-order valence-electron chi connectivity index (χ4n) is 1.28. The molecular weight excluding hydrogens is 219 g/mol. The lowest BCUT2D eigenvalue weighted by Gasteiger charge is -2.09. The van der Waals surface area contributed by atoms with Gasteiger partial charge in [-0.25, -0.2) is 0 Å². The molecule has 2 N–H and O–H groups in total. The largest absolute Gasteiger partial charge is 0.416 e. The lowest BCUT2D eigenvalue weighted by molar-refractivity contribution is -0.137. The van der Waals surface area contributed by atoms with Crippen molar-refractivity contribution >= 4 is 5.78 Å². The predicted molar refractivity (Wildman–Crippen MR) is 54.0 cm³/mol. The quantitative estimate of drug-likeness (QED) is 0.812. The van der Waals surface area contributed by atoms with E-state index in [2.05, 4.69) is 0 Å². The van der Waals surface area contributed by atoms with Crippen LogP contribution in [-0.4, -0.2) is 11.8 Å². The molecule has 2 nitrogen and oxygen atoms in total. The first kappa shape index (κ1) is 12.7. The number of hydrogen-bond donors (Lipinski definition) is 1. The highest BCUT2D eigenvalue weighted by molar-refractivity contribution is 5.96. The molecule has 5 heteroatoms. The second kappa shape index (κ2) is 4.65. The van der Waals surface area contributed by atoms with E-state index in [4.69, 9.17) is 5.73 Å². The maximum atomic E-state index is 12.4. The zero-order chi connectivity index (χ0) is 12.3. The minimum absolute atomic E-state index is 0.0430. The molecule has 16 heavy (non-hydrogen) atoms. The van der Waals surface area contributed by atoms with Gasteiger partial charge in [0.1, 0.15) is 0 Å². The van der Waals surface area contributed by atoms with Crippen LogP contribution in [0.5, 0.6) is 0 Å². The molecule has 0 bridgehead atoms. The molecule has 1 aromatic rings. The topological polar surface area (TPSA) is 43.1 Å². The summed E-state index contributed by atoms with van der Waals surface area (Å²) >= 11 is 0. The fraction of sp³-hybridized carbons (Fsp3) is 0.364. The first-order chi connectivity index (χ1) is 7.30. The highest BCUT2D eigenvalue weighted by atomic mass is 19.4. The van der Waals surface area contributed by atoms with E-state index in [1.54, 1.807) is 6.92 Å². The Morgan fingerprint density at radius 3 is 2.56 bits per heavy atom. The number of carbonyl (C=O) groups is 1. The van der Waals surface area contributed by atoms with Crippen molar-refractivity contribution in [3.8, 4) is 0 Å². The van der Waals surface area contributed by atoms with Crippen LogP contribution in [0.15, 0.2) is 24.3 Å². The molecule has 0 fully saturated rings. The number of hydrogen-bond acceptors (Lipinski definition) is 2. The second-order valence-electron chi connectivity index (χ2n) is 3.68. The van der Waals surface area contributed by atoms with Crippen LogP contribution in [0, 0.1) is 0 Å². The van der Waals surface area contributed by atoms with Gasteiger partial charge in [0, 0.05) is 18.0 Å². The number of nitrogens with two attached hydrogens (primary N) is 1. The molecule has 0 amide bonds. The average Bonchev–Trinajstić information content (AvgIpc) is 2.15. The standard InChI is InChI=1S/C11H12F3NO/c1-7(15)5-10(16)8-3-2-4-9(6-8)11(12,13)14/h2-4,6-7H,5,15H2,1H3. The highest BCUT2D eigenvalue weighted by Crippen LogP contribution is 2.29. The number of ketones is 1. The van der Waals surface area contributed by atoms with Crippen LogP contribution in [0.4, 0.5) is 13.2 Å². The van der Waals surface area contributed by atoms with Crippen LogP contribution < -0.4 is 5.73 Å². The lowest BCUT2D eigenvalue weighted by Crippen LogP contribution is -2.20. The Labute approximate surface area is 91.3 Å². The minimum Gasteiger partial charge on any atom is -0.328 e. The van der Waals surface area contributed by atoms with E-state index >= 15 is 0 Å². The molecule has 0 spiro atoms. The first-order valence-electron chi connectivity index (χ1n) is 4.76. The van der Waals surface area contributed by atoms with Crippen molar-refractivity contribution in [2.75, 3.05) is 0 Å². The third kappa shape index (κ3) is 3.34. The summed E-state index contributed by atoms with van der Waals surface area (Å²) < 4.78 is 37.1. The highest BCUT2D eigenvalue weighted by Gasteiger charge is 2.30. The number of alkyl halides is 3. The van der Waals surface area contributed by atoms with Crippen LogP contribution in [0.25, 0.3) is 0 Å². The maximum Gasteiger partial charge on any atom is 0.416 e. The number of benzene rings is 1. The molecule has 0 radical (unpaired) electrons. The Morgan fingerprint density at radius 1 is 1.44 bits per heavy atom. The molecule has 1 aromatic carbocycles. The van der Waals surface area contributed by atoms with Crippen molar-refractivity contribution in [1.82, 2.24) is 0 Å². The summed E-state index contributed by atoms with van der Waals surface area (Å²) in [7, 11) is 0. The molecule has 88 valence electrons. The van der Waals surface area contributed by atoms with Gasteiger partial charge in [0.25, 0.3) is 0 Å². The Bertz CT molecular complexity index is 385. The van der Waals surface area contributed by atoms with Gasteiger partial charge in [0.15, 0.2) is 5.78 Å². The molecule has 0 saturated heterocycles. The number of Topliss-reactive ketones (excluding diaryl/α,β-unsaturated/α-hetero) is 1. The smallest absolute Gasteiger partial charge is 0.328 e. The molecule has 1 rings (SSSR count). The van der Waals surface area contributed by atoms with E-state index in [9.17, 15) is 18.0 Å². The van der Waals surface area contributed by atoms with Crippen LogP contribution in [0.3, 0.4) is 0 Å². The summed E-state index contributed by atoms with van der Waals surface area (Å²) in [6.07, 6.45) is -4.38. The Balaban J connectivity index is 2.95. The summed E-state index contributed by atoms with van der Waals surface area (Å²) in [5.41, 5.74) is 4.64. The van der Waals surface area contributed by atoms with Gasteiger partial charge < -0.3 is 5.73 Å². The van der Waals surface area contributed by atoms with Crippen molar-refractivity contribution in [3.05, 3.63) is 35.4 Å². The SMILES string of the molecule is CC(N)CC(=O)c1cccc(C(F)(F)F)c1. The summed E-state index contributed by atoms with van der Waals surface area (Å²) in [6, 6.07) is 4.01. The Hall–Kier alpha value is -1.36. The molecule has 1 unspecified atom stereocenters. The molecular formula is C11H12F3NO. The molecule has 0 aliphatic carbocycles. The molecule has 0 aliphatic heterocycles. The Kier molecular flexibility index (Phi) is 3.70. The third-order valence-corrected chi connectivity index (χ3v) is 2.02. The van der Waals surface area contributed by atoms with Gasteiger partial charge in [0.2, 0.25) is 0 Å². The summed E-state index contributed by atoms with van der Waals surface area (Å²) in [5.74, 6) is -0.374. The molecule has 0 aliphatic rings. The zero-order valence-corrected chi connectivity index (χ0v) is 8.71. The van der Waals surface area contributed by atoms with Crippen molar-refractivity contribution in [1.29, 1.82) is 0 Å². The van der Waals surface area contributed by atoms with E-state index in [0.29, 0.717) is 0 Å². The maximum absolute atomic E-state index is 12.4. The second-order valence-corrected chi connectivity index (χ2v) is 3.68. The minimum atomic E-state index is -4.43. The first-order valence-corrected chi connectivity index (χ1v) is 4.76. The van der Waals surface area contributed by atoms with E-state index in [1.165, 1.54) is 12.1 Å². The van der Waals surface area contributed by atoms with Crippen LogP contribution >= 0.6 is 0 Å². The third-order valence-electron chi connectivity index (χ3n) is 2.02. The van der Waals surface area contributed by atoms with Gasteiger partial charge in [-0.3, -0.25) is 4.79 Å². The monoisotopic (exact) mass is 231 g/mol. The Morgan fingerprint density at radius 2 is 2.06 bits per heavy atom. The van der Waals surface area contributed by atoms with E-state index < -0.39 is 11.7 Å². The van der Waals surface area contributed by atoms with Crippen LogP contribution in [0.1, 0.15) is 29.3 Å². The van der Waals surface area contributed by atoms with Gasteiger partial charge >= 0.3 is 6.18 Å². The predicted octanol–water partition coefficient (Wildman–Crippen LogP) is 2.63. The van der Waals surface area contributed by atoms with Gasteiger partial charge in [-0.2, -0.15) is 13.2 Å². The fourth-order valence-corrected chi connectivity index (χ4v) is 1.28. The van der Waals surface area contributed by atoms with E-state index in [-0.39, 0.29) is 23.8 Å². The number of carbonyl (C=O) groups excluding carboxylic acids is 1. The van der Waals surface area contributed by atoms with Crippen molar-refractivity contribution in [2.24, 2.45) is 5.73 Å². The molecule has 1 atom stereocenters. The van der Waals surface area contributed by atoms with Gasteiger partial charge in [0.05, 0.1) is 5.56 Å². The van der Waals surface area contributed by atoms with Crippen LogP contribution in [-0.2, 0) is 6.18 Å². The lowest BCUT2D eigenvalue weighted by atomic mass is 10.0. The number of halogens is 3. The summed E-state index contributed by atoms with van der Waals surface area (Å²) in [5, 5.41) is 0. The van der Waals surface area contributed by atoms with E-state index in [0.717, 1.165) is 12.1 Å². The normalized spacial score (nSPS) is 13.6. The van der Waals surface area contributed by atoms with Gasteiger partial charge in [-0.1, -0.05) is 12.1 Å². The van der Waals surface area contributed by atoms with Crippen molar-refractivity contribution < 1.29 is 18.0 Å². The van der Waals surface area contributed by atoms with Gasteiger partial charge in [-0.15, -0.1) is 0 Å². The van der Waals surface area contributed by atoms with Gasteiger partial charge in [-0.05, 0) is 19.1 Å².